The second-order valence-electron chi connectivity index (χ2n) is 6.04. The van der Waals surface area contributed by atoms with E-state index in [1.165, 1.54) is 31.3 Å². The van der Waals surface area contributed by atoms with Gasteiger partial charge >= 0.3 is 0 Å². The molecule has 0 aliphatic rings. The highest BCUT2D eigenvalue weighted by Crippen LogP contribution is 2.35. The van der Waals surface area contributed by atoms with Gasteiger partial charge in [-0.1, -0.05) is 0 Å². The third-order valence-corrected chi connectivity index (χ3v) is 5.30. The summed E-state index contributed by atoms with van der Waals surface area (Å²) >= 11 is 0. The van der Waals surface area contributed by atoms with Crippen LogP contribution >= 0.6 is 10.7 Å². The van der Waals surface area contributed by atoms with Crippen molar-refractivity contribution >= 4 is 25.4 Å². The minimum atomic E-state index is -4.04. The molecule has 0 aliphatic heterocycles. The second kappa shape index (κ2) is 7.90. The zero-order chi connectivity index (χ0) is 21.3. The van der Waals surface area contributed by atoms with Crippen LogP contribution in [0.1, 0.15) is 11.3 Å². The number of benzene rings is 1. The van der Waals surface area contributed by atoms with Gasteiger partial charge in [-0.3, -0.25) is 5.84 Å². The molecule has 1 aromatic carbocycles. The van der Waals surface area contributed by atoms with Gasteiger partial charge in [0.25, 0.3) is 9.05 Å². The summed E-state index contributed by atoms with van der Waals surface area (Å²) in [5.74, 6) is 2.72. The van der Waals surface area contributed by atoms with Crippen LogP contribution in [0.4, 0.5) is 14.5 Å². The van der Waals surface area contributed by atoms with Gasteiger partial charge in [0.05, 0.1) is 11.9 Å². The highest BCUT2D eigenvalue weighted by molar-refractivity contribution is 8.13. The van der Waals surface area contributed by atoms with Crippen molar-refractivity contribution in [1.82, 2.24) is 9.97 Å². The van der Waals surface area contributed by atoms with E-state index < -0.39 is 26.4 Å². The average Bonchev–Trinajstić information content (AvgIpc) is 2.65. The SMILES string of the molecule is Cc1cc(Oc2c(F)ccc(-c3ccc(S(=O)(=O)Cl)nc3C)c2F)ncc1NN. The van der Waals surface area contributed by atoms with Gasteiger partial charge < -0.3 is 10.2 Å². The molecule has 7 nitrogen and oxygen atoms in total. The fraction of sp³-hybridized carbons (Fsp3) is 0.111. The molecule has 0 radical (unpaired) electrons. The number of aryl methyl sites for hydroxylation is 2. The Morgan fingerprint density at radius 1 is 1.14 bits per heavy atom. The van der Waals surface area contributed by atoms with Crippen LogP contribution in [-0.4, -0.2) is 18.4 Å². The summed E-state index contributed by atoms with van der Waals surface area (Å²) in [4.78, 5) is 7.83. The standard InChI is InChI=1S/C18H15ClF2N4O3S/c1-9-7-15(23-8-14(9)25-22)28-18-13(20)5-3-12(17(18)21)11-4-6-16(24-10(11)2)29(19,26)27/h3-8,25H,22H2,1-2H3. The summed E-state index contributed by atoms with van der Waals surface area (Å²) in [6, 6.07) is 6.17. The van der Waals surface area contributed by atoms with Crippen molar-refractivity contribution < 1.29 is 21.9 Å². The van der Waals surface area contributed by atoms with Gasteiger partial charge in [0.15, 0.2) is 16.7 Å². The molecule has 0 saturated heterocycles. The lowest BCUT2D eigenvalue weighted by molar-refractivity contribution is 0.396. The van der Waals surface area contributed by atoms with Crippen molar-refractivity contribution in [3.05, 3.63) is 59.4 Å². The van der Waals surface area contributed by atoms with Gasteiger partial charge in [-0.05, 0) is 43.7 Å². The number of halogens is 3. The van der Waals surface area contributed by atoms with Crippen LogP contribution < -0.4 is 16.0 Å². The maximum atomic E-state index is 15.1. The Balaban J connectivity index is 2.05. The molecule has 0 saturated carbocycles. The number of hydrogen-bond donors (Lipinski definition) is 2. The quantitative estimate of drug-likeness (QED) is 0.350. The molecule has 0 spiro atoms. The Labute approximate surface area is 169 Å². The van der Waals surface area contributed by atoms with Crippen molar-refractivity contribution in [2.45, 2.75) is 18.9 Å². The van der Waals surface area contributed by atoms with E-state index >= 15 is 4.39 Å². The molecule has 29 heavy (non-hydrogen) atoms. The van der Waals surface area contributed by atoms with Crippen LogP contribution in [-0.2, 0) is 9.05 Å². The summed E-state index contributed by atoms with van der Waals surface area (Å²) in [6.45, 7) is 3.20. The van der Waals surface area contributed by atoms with Crippen molar-refractivity contribution in [1.29, 1.82) is 0 Å². The predicted octanol–water partition coefficient (Wildman–Crippen LogP) is 4.04. The highest BCUT2D eigenvalue weighted by Gasteiger charge is 2.21. The minimum absolute atomic E-state index is 0.0260. The molecule has 0 unspecified atom stereocenters. The van der Waals surface area contributed by atoms with Crippen LogP contribution in [0.15, 0.2) is 41.6 Å². The normalized spacial score (nSPS) is 11.4. The van der Waals surface area contributed by atoms with Crippen LogP contribution in [0.5, 0.6) is 11.6 Å². The fourth-order valence-corrected chi connectivity index (χ4v) is 3.37. The zero-order valence-corrected chi connectivity index (χ0v) is 16.8. The third-order valence-electron chi connectivity index (χ3n) is 4.10. The topological polar surface area (TPSA) is 107 Å². The number of nitrogen functional groups attached to an aromatic ring is 1. The lowest BCUT2D eigenvalue weighted by Gasteiger charge is -2.13. The van der Waals surface area contributed by atoms with Crippen molar-refractivity contribution in [2.24, 2.45) is 5.84 Å². The number of nitrogens with one attached hydrogen (secondary N) is 1. The Hall–Kier alpha value is -2.82. The van der Waals surface area contributed by atoms with Crippen molar-refractivity contribution in [3.8, 4) is 22.8 Å². The molecular formula is C18H15ClF2N4O3S. The largest absolute Gasteiger partial charge is 0.433 e. The van der Waals surface area contributed by atoms with E-state index in [4.69, 9.17) is 21.3 Å². The van der Waals surface area contributed by atoms with Gasteiger partial charge in [-0.15, -0.1) is 0 Å². The number of nitrogens with zero attached hydrogens (tertiary/aromatic N) is 2. The maximum Gasteiger partial charge on any atom is 0.278 e. The first kappa shape index (κ1) is 20.9. The maximum absolute atomic E-state index is 15.1. The van der Waals surface area contributed by atoms with Gasteiger partial charge in [-0.2, -0.15) is 0 Å². The molecule has 3 N–H and O–H groups in total. The number of nitrogens with two attached hydrogens (primary N) is 1. The molecule has 0 fully saturated rings. The molecule has 2 heterocycles. The molecule has 152 valence electrons. The third kappa shape index (κ3) is 4.29. The number of ether oxygens (including phenoxy) is 1. The number of aromatic nitrogens is 2. The van der Waals surface area contributed by atoms with Crippen LogP contribution in [0.3, 0.4) is 0 Å². The summed E-state index contributed by atoms with van der Waals surface area (Å²) in [7, 11) is 1.24. The zero-order valence-electron chi connectivity index (χ0n) is 15.2. The van der Waals surface area contributed by atoms with Gasteiger partial charge in [-0.25, -0.2) is 27.2 Å². The van der Waals surface area contributed by atoms with E-state index in [2.05, 4.69) is 15.4 Å². The molecule has 0 bridgehead atoms. The van der Waals surface area contributed by atoms with Gasteiger partial charge in [0.2, 0.25) is 11.6 Å². The Morgan fingerprint density at radius 2 is 1.83 bits per heavy atom. The van der Waals surface area contributed by atoms with Crippen molar-refractivity contribution in [3.63, 3.8) is 0 Å². The van der Waals surface area contributed by atoms with Crippen LogP contribution in [0, 0.1) is 25.5 Å². The molecule has 11 heteroatoms. The smallest absolute Gasteiger partial charge is 0.278 e. The molecule has 0 amide bonds. The first-order chi connectivity index (χ1) is 13.6. The Kier molecular flexibility index (Phi) is 5.69. The summed E-state index contributed by atoms with van der Waals surface area (Å²) in [6.07, 6.45) is 1.36. The van der Waals surface area contributed by atoms with E-state index in [1.54, 1.807) is 6.92 Å². The summed E-state index contributed by atoms with van der Waals surface area (Å²) < 4.78 is 57.5. The molecule has 3 rings (SSSR count). The first-order valence-electron chi connectivity index (χ1n) is 8.13. The number of hydrogen-bond acceptors (Lipinski definition) is 7. The van der Waals surface area contributed by atoms with Gasteiger partial charge in [0, 0.05) is 33.6 Å². The number of pyridine rings is 2. The highest BCUT2D eigenvalue weighted by atomic mass is 35.7. The first-order valence-corrected chi connectivity index (χ1v) is 10.4. The van der Waals surface area contributed by atoms with Crippen LogP contribution in [0.25, 0.3) is 11.1 Å². The van der Waals surface area contributed by atoms with E-state index in [9.17, 15) is 12.8 Å². The minimum Gasteiger partial charge on any atom is -0.433 e. The summed E-state index contributed by atoms with van der Waals surface area (Å²) in [5, 5.41) is -0.368. The van der Waals surface area contributed by atoms with E-state index in [1.807, 2.05) is 0 Å². The predicted molar refractivity (Wildman–Crippen MR) is 104 cm³/mol. The van der Waals surface area contributed by atoms with Crippen molar-refractivity contribution in [2.75, 3.05) is 5.43 Å². The number of anilines is 1. The van der Waals surface area contributed by atoms with E-state index in [0.717, 1.165) is 12.1 Å². The lowest BCUT2D eigenvalue weighted by atomic mass is 10.0. The average molecular weight is 441 g/mol. The monoisotopic (exact) mass is 440 g/mol. The number of hydrazine groups is 1. The number of rotatable bonds is 5. The molecule has 0 aliphatic carbocycles. The van der Waals surface area contributed by atoms with E-state index in [-0.39, 0.29) is 27.7 Å². The fourth-order valence-electron chi connectivity index (χ4n) is 2.63. The van der Waals surface area contributed by atoms with Gasteiger partial charge in [0.1, 0.15) is 0 Å². The molecular weight excluding hydrogens is 426 g/mol. The lowest BCUT2D eigenvalue weighted by Crippen LogP contribution is -2.08. The Morgan fingerprint density at radius 3 is 2.41 bits per heavy atom. The van der Waals surface area contributed by atoms with E-state index in [0.29, 0.717) is 11.3 Å². The Bertz CT molecular complexity index is 1210. The second-order valence-corrected chi connectivity index (χ2v) is 8.56. The van der Waals surface area contributed by atoms with Crippen LogP contribution in [0.2, 0.25) is 0 Å². The molecule has 2 aromatic heterocycles. The summed E-state index contributed by atoms with van der Waals surface area (Å²) in [5.41, 5.74) is 4.04. The molecule has 0 atom stereocenters. The molecule has 3 aromatic rings.